The summed E-state index contributed by atoms with van der Waals surface area (Å²) in [5.41, 5.74) is 2.31. The molecule has 1 saturated heterocycles. The molecule has 20 heavy (non-hydrogen) atoms. The third kappa shape index (κ3) is 2.75. The topological polar surface area (TPSA) is 33.2 Å². The zero-order valence-corrected chi connectivity index (χ0v) is 12.4. The van der Waals surface area contributed by atoms with E-state index in [0.717, 1.165) is 41.4 Å². The van der Waals surface area contributed by atoms with E-state index in [1.807, 2.05) is 4.90 Å². The zero-order valence-electron chi connectivity index (χ0n) is 11.6. The Morgan fingerprint density at radius 1 is 1.15 bits per heavy atom. The van der Waals surface area contributed by atoms with Gasteiger partial charge in [0.25, 0.3) is 5.91 Å². The van der Waals surface area contributed by atoms with Gasteiger partial charge in [-0.15, -0.1) is 11.3 Å². The molecule has 1 aromatic heterocycles. The molecule has 1 aliphatic heterocycles. The number of hydrogen-bond acceptors (Lipinski definition) is 3. The van der Waals surface area contributed by atoms with Crippen LogP contribution >= 0.6 is 11.3 Å². The van der Waals surface area contributed by atoms with Crippen molar-refractivity contribution in [2.24, 2.45) is 0 Å². The van der Waals surface area contributed by atoms with Crippen molar-refractivity contribution in [3.8, 4) is 10.6 Å². The number of likely N-dealkylation sites (tertiary alicyclic amines) is 1. The van der Waals surface area contributed by atoms with Gasteiger partial charge in [0.05, 0.1) is 6.20 Å². The van der Waals surface area contributed by atoms with Crippen molar-refractivity contribution in [1.82, 2.24) is 9.88 Å². The SMILES string of the molecule is Cc1ccc(-c2ncc(C(=O)N3CCCCC3)s2)cc1. The fraction of sp³-hybridized carbons (Fsp3) is 0.375. The lowest BCUT2D eigenvalue weighted by Crippen LogP contribution is -2.35. The van der Waals surface area contributed by atoms with Gasteiger partial charge in [-0.05, 0) is 26.2 Å². The van der Waals surface area contributed by atoms with Crippen molar-refractivity contribution in [2.45, 2.75) is 26.2 Å². The maximum absolute atomic E-state index is 12.4. The van der Waals surface area contributed by atoms with E-state index in [2.05, 4.69) is 36.2 Å². The molecule has 2 heterocycles. The van der Waals surface area contributed by atoms with Crippen LogP contribution < -0.4 is 0 Å². The van der Waals surface area contributed by atoms with Gasteiger partial charge < -0.3 is 4.90 Å². The number of rotatable bonds is 2. The summed E-state index contributed by atoms with van der Waals surface area (Å²) in [6.07, 6.45) is 5.20. The second-order valence-electron chi connectivity index (χ2n) is 5.25. The maximum atomic E-state index is 12.4. The minimum Gasteiger partial charge on any atom is -0.338 e. The minimum atomic E-state index is 0.139. The fourth-order valence-corrected chi connectivity index (χ4v) is 3.34. The van der Waals surface area contributed by atoms with Crippen LogP contribution in [-0.2, 0) is 0 Å². The molecular formula is C16H18N2OS. The molecule has 0 atom stereocenters. The largest absolute Gasteiger partial charge is 0.338 e. The van der Waals surface area contributed by atoms with E-state index >= 15 is 0 Å². The monoisotopic (exact) mass is 286 g/mol. The van der Waals surface area contributed by atoms with Crippen molar-refractivity contribution in [1.29, 1.82) is 0 Å². The standard InChI is InChI=1S/C16H18N2OS/c1-12-5-7-13(8-6-12)15-17-11-14(20-15)16(19)18-9-3-2-4-10-18/h5-8,11H,2-4,9-10H2,1H3. The summed E-state index contributed by atoms with van der Waals surface area (Å²) in [4.78, 5) is 19.5. The van der Waals surface area contributed by atoms with Gasteiger partial charge >= 0.3 is 0 Å². The molecule has 104 valence electrons. The van der Waals surface area contributed by atoms with Gasteiger partial charge in [0.2, 0.25) is 0 Å². The number of nitrogens with zero attached hydrogens (tertiary/aromatic N) is 2. The summed E-state index contributed by atoms with van der Waals surface area (Å²) in [7, 11) is 0. The quantitative estimate of drug-likeness (QED) is 0.842. The molecule has 0 unspecified atom stereocenters. The molecule has 0 bridgehead atoms. The molecule has 0 spiro atoms. The molecule has 3 nitrogen and oxygen atoms in total. The molecule has 1 aromatic carbocycles. The van der Waals surface area contributed by atoms with E-state index in [4.69, 9.17) is 0 Å². The fourth-order valence-electron chi connectivity index (χ4n) is 2.46. The highest BCUT2D eigenvalue weighted by Crippen LogP contribution is 2.26. The number of amides is 1. The van der Waals surface area contributed by atoms with Crippen LogP contribution in [0.3, 0.4) is 0 Å². The minimum absolute atomic E-state index is 0.139. The average Bonchev–Trinajstić information content (AvgIpc) is 2.98. The average molecular weight is 286 g/mol. The molecule has 0 N–H and O–H groups in total. The van der Waals surface area contributed by atoms with Crippen LogP contribution in [0.25, 0.3) is 10.6 Å². The van der Waals surface area contributed by atoms with E-state index in [9.17, 15) is 4.79 Å². The van der Waals surface area contributed by atoms with Gasteiger partial charge in [-0.25, -0.2) is 4.98 Å². The van der Waals surface area contributed by atoms with Crippen LogP contribution in [0.15, 0.2) is 30.5 Å². The molecular weight excluding hydrogens is 268 g/mol. The van der Waals surface area contributed by atoms with E-state index in [-0.39, 0.29) is 5.91 Å². The molecule has 1 fully saturated rings. The number of hydrogen-bond donors (Lipinski definition) is 0. The Morgan fingerprint density at radius 2 is 1.85 bits per heavy atom. The number of benzene rings is 1. The van der Waals surface area contributed by atoms with Crippen molar-refractivity contribution in [3.05, 3.63) is 40.9 Å². The van der Waals surface area contributed by atoms with Crippen molar-refractivity contribution < 1.29 is 4.79 Å². The van der Waals surface area contributed by atoms with Gasteiger partial charge in [0, 0.05) is 18.7 Å². The van der Waals surface area contributed by atoms with E-state index in [0.29, 0.717) is 0 Å². The van der Waals surface area contributed by atoms with Crippen LogP contribution in [0.1, 0.15) is 34.5 Å². The normalized spacial score (nSPS) is 15.3. The second-order valence-corrected chi connectivity index (χ2v) is 6.28. The summed E-state index contributed by atoms with van der Waals surface area (Å²) >= 11 is 1.49. The third-order valence-corrected chi connectivity index (χ3v) is 4.69. The predicted octanol–water partition coefficient (Wildman–Crippen LogP) is 3.74. The van der Waals surface area contributed by atoms with E-state index in [1.54, 1.807) is 6.20 Å². The molecule has 1 amide bonds. The smallest absolute Gasteiger partial charge is 0.265 e. The first-order valence-corrected chi connectivity index (χ1v) is 7.88. The van der Waals surface area contributed by atoms with Gasteiger partial charge in [0.1, 0.15) is 9.88 Å². The first-order chi connectivity index (χ1) is 9.74. The van der Waals surface area contributed by atoms with Gasteiger partial charge in [-0.3, -0.25) is 4.79 Å². The number of carbonyl (C=O) groups is 1. The molecule has 0 saturated carbocycles. The highest BCUT2D eigenvalue weighted by atomic mass is 32.1. The van der Waals surface area contributed by atoms with Gasteiger partial charge in [-0.2, -0.15) is 0 Å². The van der Waals surface area contributed by atoms with E-state index < -0.39 is 0 Å². The Morgan fingerprint density at radius 3 is 2.55 bits per heavy atom. The lowest BCUT2D eigenvalue weighted by atomic mass is 10.1. The first kappa shape index (κ1) is 13.3. The summed E-state index contributed by atoms with van der Waals surface area (Å²) in [6.45, 7) is 3.84. The third-order valence-electron chi connectivity index (χ3n) is 3.66. The second kappa shape index (κ2) is 5.75. The number of aryl methyl sites for hydroxylation is 1. The number of aromatic nitrogens is 1. The highest BCUT2D eigenvalue weighted by Gasteiger charge is 2.20. The van der Waals surface area contributed by atoms with Crippen molar-refractivity contribution >= 4 is 17.2 Å². The Bertz CT molecular complexity index is 597. The number of thiazole rings is 1. The maximum Gasteiger partial charge on any atom is 0.265 e. The Kier molecular flexibility index (Phi) is 3.83. The number of piperidine rings is 1. The Labute approximate surface area is 123 Å². The van der Waals surface area contributed by atoms with Gasteiger partial charge in [-0.1, -0.05) is 29.8 Å². The molecule has 3 rings (SSSR count). The van der Waals surface area contributed by atoms with Crippen molar-refractivity contribution in [2.75, 3.05) is 13.1 Å². The summed E-state index contributed by atoms with van der Waals surface area (Å²) in [5, 5.41) is 0.922. The van der Waals surface area contributed by atoms with Crippen molar-refractivity contribution in [3.63, 3.8) is 0 Å². The Balaban J connectivity index is 1.79. The zero-order chi connectivity index (χ0) is 13.9. The lowest BCUT2D eigenvalue weighted by molar-refractivity contribution is 0.0729. The number of carbonyl (C=O) groups excluding carboxylic acids is 1. The molecule has 0 aliphatic carbocycles. The first-order valence-electron chi connectivity index (χ1n) is 7.06. The van der Waals surface area contributed by atoms with Crippen LogP contribution in [-0.4, -0.2) is 28.9 Å². The Hall–Kier alpha value is -1.68. The van der Waals surface area contributed by atoms with E-state index in [1.165, 1.54) is 23.3 Å². The van der Waals surface area contributed by atoms with Crippen LogP contribution in [0.2, 0.25) is 0 Å². The highest BCUT2D eigenvalue weighted by molar-refractivity contribution is 7.16. The summed E-state index contributed by atoms with van der Waals surface area (Å²) in [5.74, 6) is 0.139. The summed E-state index contributed by atoms with van der Waals surface area (Å²) < 4.78 is 0. The summed E-state index contributed by atoms with van der Waals surface area (Å²) in [6, 6.07) is 8.26. The molecule has 4 heteroatoms. The molecule has 0 radical (unpaired) electrons. The van der Waals surface area contributed by atoms with Crippen LogP contribution in [0.4, 0.5) is 0 Å². The van der Waals surface area contributed by atoms with Crippen LogP contribution in [0, 0.1) is 6.92 Å². The van der Waals surface area contributed by atoms with Gasteiger partial charge in [0.15, 0.2) is 0 Å². The van der Waals surface area contributed by atoms with Crippen LogP contribution in [0.5, 0.6) is 0 Å². The lowest BCUT2D eigenvalue weighted by Gasteiger charge is -2.25. The molecule has 1 aliphatic rings. The predicted molar refractivity (Wildman–Crippen MR) is 82.0 cm³/mol. The molecule has 2 aromatic rings.